The first-order valence-electron chi connectivity index (χ1n) is 5.73. The minimum Gasteiger partial charge on any atom is -0.478 e. The van der Waals surface area contributed by atoms with Crippen LogP contribution in [0.4, 0.5) is 0 Å². The number of hydrogen-bond acceptors (Lipinski definition) is 3. The molecule has 0 aliphatic heterocycles. The summed E-state index contributed by atoms with van der Waals surface area (Å²) in [5, 5.41) is 8.82. The van der Waals surface area contributed by atoms with Crippen molar-refractivity contribution in [2.75, 3.05) is 26.3 Å². The third-order valence-corrected chi connectivity index (χ3v) is 2.58. The first kappa shape index (κ1) is 15.6. The van der Waals surface area contributed by atoms with E-state index in [1.807, 2.05) is 13.8 Å². The fraction of sp³-hybridized carbons (Fsp3) is 0.667. The smallest absolute Gasteiger partial charge is 0.331 e. The zero-order valence-electron chi connectivity index (χ0n) is 10.9. The van der Waals surface area contributed by atoms with Crippen molar-refractivity contribution in [1.82, 2.24) is 4.90 Å². The zero-order valence-corrected chi connectivity index (χ0v) is 10.9. The normalized spacial score (nSPS) is 12.0. The van der Waals surface area contributed by atoms with Gasteiger partial charge >= 0.3 is 5.97 Å². The Morgan fingerprint density at radius 2 is 1.76 bits per heavy atom. The zero-order chi connectivity index (χ0) is 13.4. The van der Waals surface area contributed by atoms with Gasteiger partial charge in [0.2, 0.25) is 5.91 Å². The molecule has 0 radical (unpaired) electrons. The van der Waals surface area contributed by atoms with Crippen LogP contribution in [0, 0.1) is 0 Å². The predicted octanol–water partition coefficient (Wildman–Crippen LogP) is 1.29. The van der Waals surface area contributed by atoms with E-state index in [2.05, 4.69) is 0 Å². The van der Waals surface area contributed by atoms with E-state index in [1.165, 1.54) is 13.8 Å². The number of aliphatic carboxylic acids is 1. The third kappa shape index (κ3) is 4.99. The van der Waals surface area contributed by atoms with Gasteiger partial charge in [-0.2, -0.15) is 0 Å². The van der Waals surface area contributed by atoms with Crippen molar-refractivity contribution in [3.8, 4) is 0 Å². The van der Waals surface area contributed by atoms with E-state index >= 15 is 0 Å². The average Bonchev–Trinajstić information content (AvgIpc) is 2.32. The highest BCUT2D eigenvalue weighted by Crippen LogP contribution is 2.08. The molecule has 5 heteroatoms. The lowest BCUT2D eigenvalue weighted by molar-refractivity contribution is -0.134. The molecule has 0 aromatic rings. The van der Waals surface area contributed by atoms with Crippen LogP contribution in [-0.4, -0.2) is 48.2 Å². The monoisotopic (exact) mass is 243 g/mol. The second-order valence-electron chi connectivity index (χ2n) is 3.64. The molecule has 17 heavy (non-hydrogen) atoms. The SMILES string of the molecule is CCOCCN(CC)C(=O)C(C)=C(C)C(=O)O. The topological polar surface area (TPSA) is 66.8 Å². The number of nitrogens with zero attached hydrogens (tertiary/aromatic N) is 1. The molecule has 0 aromatic carbocycles. The summed E-state index contributed by atoms with van der Waals surface area (Å²) in [6.07, 6.45) is 0. The van der Waals surface area contributed by atoms with Crippen LogP contribution in [0.2, 0.25) is 0 Å². The van der Waals surface area contributed by atoms with E-state index in [0.29, 0.717) is 26.3 Å². The van der Waals surface area contributed by atoms with Gasteiger partial charge in [-0.1, -0.05) is 0 Å². The van der Waals surface area contributed by atoms with Crippen LogP contribution >= 0.6 is 0 Å². The summed E-state index contributed by atoms with van der Waals surface area (Å²) in [6.45, 7) is 8.81. The molecule has 0 rings (SSSR count). The highest BCUT2D eigenvalue weighted by atomic mass is 16.5. The lowest BCUT2D eigenvalue weighted by Gasteiger charge is -2.21. The van der Waals surface area contributed by atoms with Crippen LogP contribution in [0.5, 0.6) is 0 Å². The molecule has 0 aliphatic carbocycles. The highest BCUT2D eigenvalue weighted by Gasteiger charge is 2.17. The van der Waals surface area contributed by atoms with E-state index in [1.54, 1.807) is 4.90 Å². The summed E-state index contributed by atoms with van der Waals surface area (Å²) in [5.41, 5.74) is 0.362. The number of carbonyl (C=O) groups is 2. The molecule has 5 nitrogen and oxygen atoms in total. The molecule has 0 atom stereocenters. The number of ether oxygens (including phenoxy) is 1. The molecular formula is C12H21NO4. The molecule has 0 unspecified atom stereocenters. The Morgan fingerprint density at radius 3 is 2.18 bits per heavy atom. The maximum absolute atomic E-state index is 12.0. The molecule has 0 fully saturated rings. The fourth-order valence-corrected chi connectivity index (χ4v) is 1.28. The third-order valence-electron chi connectivity index (χ3n) is 2.58. The van der Waals surface area contributed by atoms with Crippen LogP contribution in [0.3, 0.4) is 0 Å². The number of rotatable bonds is 7. The fourth-order valence-electron chi connectivity index (χ4n) is 1.28. The van der Waals surface area contributed by atoms with E-state index in [0.717, 1.165) is 0 Å². The van der Waals surface area contributed by atoms with E-state index < -0.39 is 5.97 Å². The lowest BCUT2D eigenvalue weighted by atomic mass is 10.1. The largest absolute Gasteiger partial charge is 0.478 e. The van der Waals surface area contributed by atoms with Crippen molar-refractivity contribution in [3.63, 3.8) is 0 Å². The number of carbonyl (C=O) groups excluding carboxylic acids is 1. The first-order chi connectivity index (χ1) is 7.95. The second kappa shape index (κ2) is 7.84. The van der Waals surface area contributed by atoms with Gasteiger partial charge < -0.3 is 14.7 Å². The molecule has 0 aromatic heterocycles. The minimum absolute atomic E-state index is 0.0878. The van der Waals surface area contributed by atoms with E-state index in [-0.39, 0.29) is 17.1 Å². The maximum atomic E-state index is 12.0. The van der Waals surface area contributed by atoms with Gasteiger partial charge in [0.1, 0.15) is 0 Å². The molecule has 0 saturated heterocycles. The highest BCUT2D eigenvalue weighted by molar-refractivity contribution is 6.01. The van der Waals surface area contributed by atoms with Gasteiger partial charge in [0, 0.05) is 30.8 Å². The van der Waals surface area contributed by atoms with Gasteiger partial charge in [0.25, 0.3) is 0 Å². The Balaban J connectivity index is 4.64. The van der Waals surface area contributed by atoms with E-state index in [9.17, 15) is 9.59 Å². The van der Waals surface area contributed by atoms with Crippen LogP contribution < -0.4 is 0 Å². The Hall–Kier alpha value is -1.36. The minimum atomic E-state index is -1.06. The molecule has 0 bridgehead atoms. The molecular weight excluding hydrogens is 222 g/mol. The standard InChI is InChI=1S/C12H21NO4/c1-5-13(7-8-17-6-2)11(14)9(3)10(4)12(15)16/h5-8H2,1-4H3,(H,15,16). The van der Waals surface area contributed by atoms with Crippen molar-refractivity contribution < 1.29 is 19.4 Å². The summed E-state index contributed by atoms with van der Waals surface area (Å²) in [4.78, 5) is 24.3. The van der Waals surface area contributed by atoms with Crippen molar-refractivity contribution in [3.05, 3.63) is 11.1 Å². The second-order valence-corrected chi connectivity index (χ2v) is 3.64. The number of likely N-dealkylation sites (N-methyl/N-ethyl adjacent to an activating group) is 1. The Kier molecular flexibility index (Phi) is 7.21. The van der Waals surface area contributed by atoms with Gasteiger partial charge in [0.15, 0.2) is 0 Å². The summed E-state index contributed by atoms with van der Waals surface area (Å²) >= 11 is 0. The number of carboxylic acids is 1. The molecule has 1 amide bonds. The van der Waals surface area contributed by atoms with Gasteiger partial charge in [-0.25, -0.2) is 4.79 Å². The summed E-state index contributed by atoms with van der Waals surface area (Å²) in [5.74, 6) is -1.30. The number of amides is 1. The first-order valence-corrected chi connectivity index (χ1v) is 5.73. The quantitative estimate of drug-likeness (QED) is 0.540. The van der Waals surface area contributed by atoms with Gasteiger partial charge in [-0.05, 0) is 27.7 Å². The lowest BCUT2D eigenvalue weighted by Crippen LogP contribution is -2.35. The van der Waals surface area contributed by atoms with Crippen LogP contribution in [0.25, 0.3) is 0 Å². The van der Waals surface area contributed by atoms with Crippen molar-refractivity contribution >= 4 is 11.9 Å². The Labute approximate surface area is 102 Å². The maximum Gasteiger partial charge on any atom is 0.331 e. The van der Waals surface area contributed by atoms with Crippen LogP contribution in [0.15, 0.2) is 11.1 Å². The summed E-state index contributed by atoms with van der Waals surface area (Å²) in [7, 11) is 0. The average molecular weight is 243 g/mol. The molecule has 0 saturated carbocycles. The molecule has 98 valence electrons. The molecule has 1 N–H and O–H groups in total. The molecule has 0 heterocycles. The number of hydrogen-bond donors (Lipinski definition) is 1. The summed E-state index contributed by atoms with van der Waals surface area (Å²) < 4.78 is 5.18. The molecule has 0 aliphatic rings. The summed E-state index contributed by atoms with van der Waals surface area (Å²) in [6, 6.07) is 0. The van der Waals surface area contributed by atoms with Crippen molar-refractivity contribution in [2.45, 2.75) is 27.7 Å². The Bertz CT molecular complexity index is 310. The van der Waals surface area contributed by atoms with Crippen molar-refractivity contribution in [2.24, 2.45) is 0 Å². The Morgan fingerprint density at radius 1 is 1.18 bits per heavy atom. The van der Waals surface area contributed by atoms with Gasteiger partial charge in [-0.15, -0.1) is 0 Å². The van der Waals surface area contributed by atoms with Gasteiger partial charge in [0.05, 0.1) is 6.61 Å². The predicted molar refractivity (Wildman–Crippen MR) is 64.8 cm³/mol. The van der Waals surface area contributed by atoms with Crippen molar-refractivity contribution in [1.29, 1.82) is 0 Å². The number of carboxylic acid groups (broad SMARTS) is 1. The van der Waals surface area contributed by atoms with Gasteiger partial charge in [-0.3, -0.25) is 4.79 Å². The van der Waals surface area contributed by atoms with Crippen LogP contribution in [0.1, 0.15) is 27.7 Å². The van der Waals surface area contributed by atoms with E-state index in [4.69, 9.17) is 9.84 Å². The molecule has 0 spiro atoms. The van der Waals surface area contributed by atoms with Crippen LogP contribution in [-0.2, 0) is 14.3 Å².